The van der Waals surface area contributed by atoms with Gasteiger partial charge in [-0.05, 0) is 41.6 Å². The largest absolute Gasteiger partial charge is 0.364 e. The van der Waals surface area contributed by atoms with Crippen molar-refractivity contribution in [1.29, 1.82) is 0 Å². The van der Waals surface area contributed by atoms with Crippen LogP contribution >= 0.6 is 22.6 Å². The van der Waals surface area contributed by atoms with E-state index in [1.165, 1.54) is 0 Å². The third-order valence-corrected chi connectivity index (χ3v) is 2.64. The molecule has 1 aromatic rings. The summed E-state index contributed by atoms with van der Waals surface area (Å²) in [5.74, 6) is 0.0250. The molecule has 0 spiro atoms. The number of halogens is 1. The number of fused-ring (bicyclic) bond motifs is 1. The molecule has 13 heavy (non-hydrogen) atoms. The van der Waals surface area contributed by atoms with E-state index in [9.17, 15) is 4.79 Å². The van der Waals surface area contributed by atoms with E-state index >= 15 is 0 Å². The van der Waals surface area contributed by atoms with E-state index in [-0.39, 0.29) is 18.5 Å². The molecule has 1 aliphatic rings. The summed E-state index contributed by atoms with van der Waals surface area (Å²) in [6.07, 6.45) is -0.0672. The molecule has 4 heteroatoms. The first-order chi connectivity index (χ1) is 6.18. The molecule has 1 aromatic heterocycles. The highest BCUT2D eigenvalue weighted by Gasteiger charge is 2.24. The molecule has 0 aliphatic carbocycles. The van der Waals surface area contributed by atoms with E-state index in [0.29, 0.717) is 5.56 Å². The number of hydrogen-bond donors (Lipinski definition) is 0. The highest BCUT2D eigenvalue weighted by atomic mass is 127. The Bertz CT molecular complexity index is 365. The second kappa shape index (κ2) is 3.34. The molecule has 68 valence electrons. The Morgan fingerprint density at radius 3 is 3.15 bits per heavy atom. The van der Waals surface area contributed by atoms with Gasteiger partial charge in [0.15, 0.2) is 5.78 Å². The molecule has 0 amide bonds. The summed E-state index contributed by atoms with van der Waals surface area (Å²) in [5.41, 5.74) is 1.47. The number of nitrogens with zero attached hydrogens (tertiary/aromatic N) is 1. The van der Waals surface area contributed by atoms with Crippen LogP contribution in [-0.2, 0) is 4.74 Å². The molecular formula is C9H8INO2. The maximum Gasteiger partial charge on any atom is 0.190 e. The number of Topliss-reactive ketones (excluding diaryl/α,β-unsaturated/α-hetero) is 1. The molecule has 0 aromatic carbocycles. The smallest absolute Gasteiger partial charge is 0.190 e. The zero-order valence-electron chi connectivity index (χ0n) is 7.08. The molecule has 0 saturated heterocycles. The number of carbonyl (C=O) groups is 1. The SMILES string of the molecule is CC1OCC(=O)c2ccc(I)nc21. The molecule has 1 aliphatic heterocycles. The van der Waals surface area contributed by atoms with Gasteiger partial charge in [0.2, 0.25) is 0 Å². The predicted octanol–water partition coefficient (Wildman–Crippen LogP) is 1.96. The molecule has 1 atom stereocenters. The summed E-state index contributed by atoms with van der Waals surface area (Å²) in [4.78, 5) is 15.7. The first-order valence-electron chi connectivity index (χ1n) is 3.99. The van der Waals surface area contributed by atoms with Gasteiger partial charge in [-0.15, -0.1) is 0 Å². The lowest BCUT2D eigenvalue weighted by atomic mass is 10.0. The van der Waals surface area contributed by atoms with Crippen molar-refractivity contribution in [3.63, 3.8) is 0 Å². The zero-order valence-corrected chi connectivity index (χ0v) is 9.24. The van der Waals surface area contributed by atoms with Gasteiger partial charge >= 0.3 is 0 Å². The summed E-state index contributed by atoms with van der Waals surface area (Å²) in [5, 5.41) is 0. The first-order valence-corrected chi connectivity index (χ1v) is 5.07. The van der Waals surface area contributed by atoms with Crippen molar-refractivity contribution in [1.82, 2.24) is 4.98 Å². The third-order valence-electron chi connectivity index (χ3n) is 2.04. The van der Waals surface area contributed by atoms with E-state index in [1.54, 1.807) is 0 Å². The summed E-state index contributed by atoms with van der Waals surface area (Å²) in [6.45, 7) is 2.09. The van der Waals surface area contributed by atoms with Gasteiger partial charge in [0.1, 0.15) is 10.3 Å². The minimum atomic E-state index is -0.0672. The lowest BCUT2D eigenvalue weighted by molar-refractivity contribution is 0.0415. The standard InChI is InChI=1S/C9H8INO2/c1-5-9-6(7(12)4-13-5)2-3-8(10)11-9/h2-3,5H,4H2,1H3. The molecule has 3 nitrogen and oxygen atoms in total. The fraction of sp³-hybridized carbons (Fsp3) is 0.333. The predicted molar refractivity (Wildman–Crippen MR) is 55.7 cm³/mol. The lowest BCUT2D eigenvalue weighted by Crippen LogP contribution is -2.22. The average Bonchev–Trinajstić information content (AvgIpc) is 2.12. The van der Waals surface area contributed by atoms with Crippen molar-refractivity contribution >= 4 is 28.4 Å². The molecular weight excluding hydrogens is 281 g/mol. The number of hydrogen-bond acceptors (Lipinski definition) is 3. The Labute approximate surface area is 89.6 Å². The summed E-state index contributed by atoms with van der Waals surface area (Å²) < 4.78 is 6.15. The highest BCUT2D eigenvalue weighted by Crippen LogP contribution is 2.25. The monoisotopic (exact) mass is 289 g/mol. The zero-order chi connectivity index (χ0) is 9.42. The van der Waals surface area contributed by atoms with Crippen molar-refractivity contribution < 1.29 is 9.53 Å². The number of pyridine rings is 1. The summed E-state index contributed by atoms with van der Waals surface area (Å²) in [6, 6.07) is 3.67. The van der Waals surface area contributed by atoms with Crippen molar-refractivity contribution in [3.05, 3.63) is 27.1 Å². The quantitative estimate of drug-likeness (QED) is 0.541. The van der Waals surface area contributed by atoms with Crippen LogP contribution in [0.25, 0.3) is 0 Å². The molecule has 0 fully saturated rings. The number of aromatic nitrogens is 1. The number of carbonyl (C=O) groups excluding carboxylic acids is 1. The van der Waals surface area contributed by atoms with Crippen LogP contribution in [0.3, 0.4) is 0 Å². The Morgan fingerprint density at radius 1 is 1.62 bits per heavy atom. The first kappa shape index (κ1) is 9.08. The van der Waals surface area contributed by atoms with Crippen molar-refractivity contribution in [3.8, 4) is 0 Å². The van der Waals surface area contributed by atoms with Crippen molar-refractivity contribution in [2.75, 3.05) is 6.61 Å². The normalized spacial score (nSPS) is 21.4. The second-order valence-corrected chi connectivity index (χ2v) is 4.05. The number of rotatable bonds is 0. The Morgan fingerprint density at radius 2 is 2.38 bits per heavy atom. The number of ether oxygens (including phenoxy) is 1. The van der Waals surface area contributed by atoms with Crippen molar-refractivity contribution in [2.45, 2.75) is 13.0 Å². The van der Waals surface area contributed by atoms with Gasteiger partial charge in [0.25, 0.3) is 0 Å². The van der Waals surface area contributed by atoms with Crippen LogP contribution in [0, 0.1) is 3.70 Å². The molecule has 0 saturated carbocycles. The van der Waals surface area contributed by atoms with Crippen LogP contribution in [0.1, 0.15) is 29.1 Å². The Balaban J connectivity index is 2.57. The molecule has 1 unspecified atom stereocenters. The Kier molecular flexibility index (Phi) is 2.33. The molecule has 0 N–H and O–H groups in total. The van der Waals surface area contributed by atoms with Gasteiger partial charge in [0.05, 0.1) is 11.8 Å². The van der Waals surface area contributed by atoms with E-state index in [4.69, 9.17) is 4.74 Å². The minimum Gasteiger partial charge on any atom is -0.364 e. The Hall–Kier alpha value is -0.490. The van der Waals surface area contributed by atoms with Crippen LogP contribution in [0.2, 0.25) is 0 Å². The fourth-order valence-corrected chi connectivity index (χ4v) is 1.79. The van der Waals surface area contributed by atoms with Gasteiger partial charge in [-0.3, -0.25) is 4.79 Å². The molecule has 0 radical (unpaired) electrons. The fourth-order valence-electron chi connectivity index (χ4n) is 1.35. The lowest BCUT2D eigenvalue weighted by Gasteiger charge is -2.20. The van der Waals surface area contributed by atoms with Crippen LogP contribution in [0.15, 0.2) is 12.1 Å². The maximum absolute atomic E-state index is 11.4. The van der Waals surface area contributed by atoms with Crippen LogP contribution < -0.4 is 0 Å². The van der Waals surface area contributed by atoms with Crippen LogP contribution in [-0.4, -0.2) is 17.4 Å². The van der Waals surface area contributed by atoms with Gasteiger partial charge in [-0.1, -0.05) is 0 Å². The second-order valence-electron chi connectivity index (χ2n) is 2.94. The third kappa shape index (κ3) is 1.60. The summed E-state index contributed by atoms with van der Waals surface area (Å²) >= 11 is 2.12. The minimum absolute atomic E-state index is 0.0250. The van der Waals surface area contributed by atoms with E-state index in [2.05, 4.69) is 27.6 Å². The highest BCUT2D eigenvalue weighted by molar-refractivity contribution is 14.1. The average molecular weight is 289 g/mol. The molecule has 2 rings (SSSR count). The van der Waals surface area contributed by atoms with E-state index in [0.717, 1.165) is 9.39 Å². The summed E-state index contributed by atoms with van der Waals surface area (Å²) in [7, 11) is 0. The topological polar surface area (TPSA) is 39.2 Å². The number of ketones is 1. The van der Waals surface area contributed by atoms with Crippen molar-refractivity contribution in [2.24, 2.45) is 0 Å². The van der Waals surface area contributed by atoms with E-state index in [1.807, 2.05) is 19.1 Å². The molecule has 0 bridgehead atoms. The van der Waals surface area contributed by atoms with E-state index < -0.39 is 0 Å². The van der Waals surface area contributed by atoms with Gasteiger partial charge in [-0.2, -0.15) is 0 Å². The van der Waals surface area contributed by atoms with Crippen LogP contribution in [0.5, 0.6) is 0 Å². The van der Waals surface area contributed by atoms with Gasteiger partial charge in [-0.25, -0.2) is 4.98 Å². The van der Waals surface area contributed by atoms with Gasteiger partial charge < -0.3 is 4.74 Å². The maximum atomic E-state index is 11.4. The van der Waals surface area contributed by atoms with Crippen LogP contribution in [0.4, 0.5) is 0 Å². The molecule has 2 heterocycles. The van der Waals surface area contributed by atoms with Gasteiger partial charge in [0, 0.05) is 5.56 Å².